The van der Waals surface area contributed by atoms with Gasteiger partial charge in [-0.3, -0.25) is 0 Å². The lowest BCUT2D eigenvalue weighted by Gasteiger charge is -2.32. The van der Waals surface area contributed by atoms with Crippen LogP contribution < -0.4 is 16.4 Å². The molecule has 5 rings (SSSR count). The van der Waals surface area contributed by atoms with Gasteiger partial charge in [-0.25, -0.2) is 4.98 Å². The molecular weight excluding hydrogens is 440 g/mol. The van der Waals surface area contributed by atoms with Crippen molar-refractivity contribution in [2.75, 3.05) is 23.7 Å². The summed E-state index contributed by atoms with van der Waals surface area (Å²) >= 11 is 0. The number of nitrogens with two attached hydrogens (primary N) is 1. The Morgan fingerprint density at radius 1 is 0.943 bits per heavy atom. The van der Waals surface area contributed by atoms with Crippen LogP contribution in [0.4, 0.5) is 11.8 Å². The van der Waals surface area contributed by atoms with Crippen molar-refractivity contribution in [2.45, 2.75) is 101 Å². The maximum absolute atomic E-state index is 10.5. The molecule has 3 fully saturated rings. The zero-order chi connectivity index (χ0) is 24.0. The number of aldehydes is 1. The molecular formula is C26H40N8O. The Kier molecular flexibility index (Phi) is 7.81. The molecule has 3 aliphatic rings. The van der Waals surface area contributed by atoms with Crippen molar-refractivity contribution in [1.29, 1.82) is 0 Å². The molecule has 2 aromatic rings. The van der Waals surface area contributed by atoms with Gasteiger partial charge in [0.25, 0.3) is 0 Å². The quantitative estimate of drug-likeness (QED) is 0.365. The molecule has 4 N–H and O–H groups in total. The number of nitrogens with one attached hydrogen (secondary N) is 2. The summed E-state index contributed by atoms with van der Waals surface area (Å²) < 4.78 is 2.28. The van der Waals surface area contributed by atoms with E-state index in [0.717, 1.165) is 81.3 Å². The fourth-order valence-corrected chi connectivity index (χ4v) is 5.75. The highest BCUT2D eigenvalue weighted by molar-refractivity contribution is 5.84. The van der Waals surface area contributed by atoms with Gasteiger partial charge in [-0.05, 0) is 64.0 Å². The van der Waals surface area contributed by atoms with Crippen LogP contribution in [0.15, 0.2) is 18.6 Å². The van der Waals surface area contributed by atoms with Gasteiger partial charge in [0, 0.05) is 43.7 Å². The number of unbranched alkanes of at least 4 members (excludes halogenated alkanes) is 1. The van der Waals surface area contributed by atoms with Crippen LogP contribution >= 0.6 is 0 Å². The SMILES string of the molecule is NC1CCC(Nc2nc(NC3CCN(C=CCCC=O)CC3)c3ncn(C4CCCC4)c3n2)CC1. The first-order valence-electron chi connectivity index (χ1n) is 13.6. The Labute approximate surface area is 208 Å². The molecule has 190 valence electrons. The predicted octanol–water partition coefficient (Wildman–Crippen LogP) is 3.99. The van der Waals surface area contributed by atoms with E-state index in [1.165, 1.54) is 25.7 Å². The lowest BCUT2D eigenvalue weighted by atomic mass is 9.92. The van der Waals surface area contributed by atoms with Crippen LogP contribution in [0.25, 0.3) is 11.2 Å². The molecule has 0 spiro atoms. The van der Waals surface area contributed by atoms with E-state index in [0.29, 0.717) is 36.5 Å². The maximum atomic E-state index is 10.5. The average molecular weight is 481 g/mol. The smallest absolute Gasteiger partial charge is 0.227 e. The normalized spacial score (nSPS) is 24.4. The Morgan fingerprint density at radius 3 is 2.43 bits per heavy atom. The number of aromatic nitrogens is 4. The van der Waals surface area contributed by atoms with E-state index < -0.39 is 0 Å². The molecule has 9 nitrogen and oxygen atoms in total. The van der Waals surface area contributed by atoms with E-state index in [4.69, 9.17) is 20.7 Å². The summed E-state index contributed by atoms with van der Waals surface area (Å²) in [7, 11) is 0. The first-order chi connectivity index (χ1) is 17.2. The van der Waals surface area contributed by atoms with Crippen molar-refractivity contribution >= 4 is 29.2 Å². The van der Waals surface area contributed by atoms with Crippen LogP contribution in [0.3, 0.4) is 0 Å². The van der Waals surface area contributed by atoms with Crippen molar-refractivity contribution in [3.63, 3.8) is 0 Å². The molecule has 9 heteroatoms. The summed E-state index contributed by atoms with van der Waals surface area (Å²) in [6, 6.07) is 1.53. The van der Waals surface area contributed by atoms with Crippen molar-refractivity contribution < 1.29 is 4.79 Å². The highest BCUT2D eigenvalue weighted by atomic mass is 16.1. The summed E-state index contributed by atoms with van der Waals surface area (Å²) in [5.74, 6) is 1.55. The van der Waals surface area contributed by atoms with Gasteiger partial charge in [0.2, 0.25) is 5.95 Å². The molecule has 0 atom stereocenters. The second-order valence-corrected chi connectivity index (χ2v) is 10.5. The molecule has 0 radical (unpaired) electrons. The molecule has 2 saturated carbocycles. The summed E-state index contributed by atoms with van der Waals surface area (Å²) in [5.41, 5.74) is 7.94. The second kappa shape index (κ2) is 11.4. The molecule has 1 saturated heterocycles. The fraction of sp³-hybridized carbons (Fsp3) is 0.692. The lowest BCUT2D eigenvalue weighted by molar-refractivity contribution is -0.107. The second-order valence-electron chi connectivity index (χ2n) is 10.5. The lowest BCUT2D eigenvalue weighted by Crippen LogP contribution is -2.36. The average Bonchev–Trinajstić information content (AvgIpc) is 3.54. The van der Waals surface area contributed by atoms with Crippen LogP contribution in [0.2, 0.25) is 0 Å². The third-order valence-corrected chi connectivity index (χ3v) is 7.88. The number of nitrogens with zero attached hydrogens (tertiary/aromatic N) is 5. The monoisotopic (exact) mass is 480 g/mol. The largest absolute Gasteiger partial charge is 0.377 e. The van der Waals surface area contributed by atoms with E-state index in [1.54, 1.807) is 0 Å². The highest BCUT2D eigenvalue weighted by Crippen LogP contribution is 2.33. The third-order valence-electron chi connectivity index (χ3n) is 7.88. The standard InChI is InChI=1S/C26H40N8O/c27-19-8-10-20(11-9-19)30-26-31-24(23-25(32-26)34(18-28-23)22-6-2-3-7-22)29-21-12-15-33(16-13-21)14-4-1-5-17-35/h4,14,17-22H,1-3,5-13,15-16,27H2,(H2,29,30,31,32). The number of piperidine rings is 1. The number of anilines is 2. The van der Waals surface area contributed by atoms with E-state index >= 15 is 0 Å². The van der Waals surface area contributed by atoms with Crippen molar-refractivity contribution in [1.82, 2.24) is 24.4 Å². The van der Waals surface area contributed by atoms with Crippen LogP contribution in [-0.2, 0) is 4.79 Å². The molecule has 2 aliphatic carbocycles. The first-order valence-corrected chi connectivity index (χ1v) is 13.6. The van der Waals surface area contributed by atoms with Gasteiger partial charge < -0.3 is 30.6 Å². The maximum Gasteiger partial charge on any atom is 0.227 e. The van der Waals surface area contributed by atoms with E-state index in [2.05, 4.69) is 32.4 Å². The van der Waals surface area contributed by atoms with Crippen molar-refractivity contribution in [2.24, 2.45) is 5.73 Å². The van der Waals surface area contributed by atoms with Crippen LogP contribution in [-0.4, -0.2) is 61.9 Å². The summed E-state index contributed by atoms with van der Waals surface area (Å²) in [6.45, 7) is 1.99. The number of hydrogen-bond donors (Lipinski definition) is 3. The predicted molar refractivity (Wildman–Crippen MR) is 139 cm³/mol. The number of rotatable bonds is 9. The molecule has 1 aliphatic heterocycles. The van der Waals surface area contributed by atoms with Gasteiger partial charge in [-0.15, -0.1) is 0 Å². The first kappa shape index (κ1) is 24.0. The Bertz CT molecular complexity index is 998. The topological polar surface area (TPSA) is 114 Å². The molecule has 35 heavy (non-hydrogen) atoms. The minimum Gasteiger partial charge on any atom is -0.377 e. The number of likely N-dealkylation sites (tertiary alicyclic amines) is 1. The zero-order valence-electron chi connectivity index (χ0n) is 20.7. The summed E-state index contributed by atoms with van der Waals surface area (Å²) in [5, 5.41) is 7.34. The Hall–Kier alpha value is -2.68. The molecule has 0 aromatic carbocycles. The Morgan fingerprint density at radius 2 is 1.69 bits per heavy atom. The number of imidazole rings is 1. The van der Waals surface area contributed by atoms with Crippen molar-refractivity contribution in [3.05, 3.63) is 18.6 Å². The summed E-state index contributed by atoms with van der Waals surface area (Å²) in [6.07, 6.45) is 19.8. The van der Waals surface area contributed by atoms with Crippen LogP contribution in [0.5, 0.6) is 0 Å². The molecule has 0 amide bonds. The number of fused-ring (bicyclic) bond motifs is 1. The fourth-order valence-electron chi connectivity index (χ4n) is 5.75. The number of carbonyl (C=O) groups excluding carboxylic acids is 1. The highest BCUT2D eigenvalue weighted by Gasteiger charge is 2.25. The van der Waals surface area contributed by atoms with Crippen LogP contribution in [0.1, 0.15) is 83.1 Å². The van der Waals surface area contributed by atoms with Gasteiger partial charge in [0.05, 0.1) is 6.33 Å². The van der Waals surface area contributed by atoms with Gasteiger partial charge >= 0.3 is 0 Å². The van der Waals surface area contributed by atoms with Crippen molar-refractivity contribution in [3.8, 4) is 0 Å². The molecule has 0 unspecified atom stereocenters. The third kappa shape index (κ3) is 5.94. The van der Waals surface area contributed by atoms with Gasteiger partial charge in [-0.2, -0.15) is 9.97 Å². The Balaban J connectivity index is 1.32. The van der Waals surface area contributed by atoms with E-state index in [9.17, 15) is 4.79 Å². The molecule has 3 heterocycles. The van der Waals surface area contributed by atoms with E-state index in [-0.39, 0.29) is 0 Å². The number of allylic oxidation sites excluding steroid dienone is 1. The minimum absolute atomic E-state index is 0.322. The summed E-state index contributed by atoms with van der Waals surface area (Å²) in [4.78, 5) is 27.5. The number of carbonyl (C=O) groups is 1. The zero-order valence-corrected chi connectivity index (χ0v) is 20.7. The minimum atomic E-state index is 0.322. The molecule has 0 bridgehead atoms. The van der Waals surface area contributed by atoms with Gasteiger partial charge in [0.15, 0.2) is 17.0 Å². The van der Waals surface area contributed by atoms with Gasteiger partial charge in [0.1, 0.15) is 6.29 Å². The van der Waals surface area contributed by atoms with Gasteiger partial charge in [-0.1, -0.05) is 18.9 Å². The van der Waals surface area contributed by atoms with E-state index in [1.807, 2.05) is 6.33 Å². The molecule has 2 aromatic heterocycles. The number of hydrogen-bond acceptors (Lipinski definition) is 8. The van der Waals surface area contributed by atoms with Crippen LogP contribution in [0, 0.1) is 0 Å².